The molecule has 0 unspecified atom stereocenters. The molecule has 0 radical (unpaired) electrons. The zero-order valence-electron chi connectivity index (χ0n) is 16.6. The van der Waals surface area contributed by atoms with Crippen molar-refractivity contribution in [3.63, 3.8) is 0 Å². The molecule has 1 atom stereocenters. The molecule has 9 heteroatoms. The van der Waals surface area contributed by atoms with Crippen molar-refractivity contribution in [2.45, 2.75) is 31.5 Å². The Kier molecular flexibility index (Phi) is 5.92. The summed E-state index contributed by atoms with van der Waals surface area (Å²) in [5.41, 5.74) is 1.42. The number of rotatable bonds is 6. The zero-order chi connectivity index (χ0) is 21.8. The van der Waals surface area contributed by atoms with E-state index in [9.17, 15) is 18.0 Å². The minimum atomic E-state index is -4.40. The Morgan fingerprint density at radius 1 is 1.19 bits per heavy atom. The van der Waals surface area contributed by atoms with Crippen LogP contribution in [0.5, 0.6) is 5.75 Å². The van der Waals surface area contributed by atoms with Crippen molar-refractivity contribution in [2.24, 2.45) is 0 Å². The fourth-order valence-electron chi connectivity index (χ4n) is 3.70. The van der Waals surface area contributed by atoms with E-state index in [4.69, 9.17) is 4.74 Å². The van der Waals surface area contributed by atoms with Gasteiger partial charge in [-0.3, -0.25) is 14.9 Å². The Morgan fingerprint density at radius 3 is 2.77 bits per heavy atom. The Balaban J connectivity index is 1.37. The highest BCUT2D eigenvalue weighted by molar-refractivity contribution is 5.94. The maximum Gasteiger partial charge on any atom is 0.416 e. The number of ether oxygens (including phenoxy) is 1. The van der Waals surface area contributed by atoms with E-state index in [0.29, 0.717) is 18.5 Å². The molecule has 6 nitrogen and oxygen atoms in total. The van der Waals surface area contributed by atoms with Crippen LogP contribution < -0.4 is 4.74 Å². The lowest BCUT2D eigenvalue weighted by Crippen LogP contribution is -2.30. The van der Waals surface area contributed by atoms with Crippen LogP contribution in [0.15, 0.2) is 54.9 Å². The van der Waals surface area contributed by atoms with Gasteiger partial charge in [0.2, 0.25) is 0 Å². The lowest BCUT2D eigenvalue weighted by molar-refractivity contribution is -0.137. The second-order valence-corrected chi connectivity index (χ2v) is 7.33. The summed E-state index contributed by atoms with van der Waals surface area (Å²) in [6.07, 6.45) is 0.946. The number of hydrogen-bond acceptors (Lipinski definition) is 4. The molecule has 1 aromatic carbocycles. The van der Waals surface area contributed by atoms with E-state index in [1.54, 1.807) is 24.5 Å². The van der Waals surface area contributed by atoms with Crippen molar-refractivity contribution in [1.82, 2.24) is 20.1 Å². The van der Waals surface area contributed by atoms with Gasteiger partial charge in [0.25, 0.3) is 5.91 Å². The van der Waals surface area contributed by atoms with Gasteiger partial charge in [0.15, 0.2) is 0 Å². The van der Waals surface area contributed by atoms with E-state index in [1.165, 1.54) is 12.1 Å². The van der Waals surface area contributed by atoms with Crippen LogP contribution in [0.4, 0.5) is 13.2 Å². The van der Waals surface area contributed by atoms with Gasteiger partial charge in [-0.25, -0.2) is 0 Å². The van der Waals surface area contributed by atoms with Gasteiger partial charge >= 0.3 is 6.18 Å². The molecular weight excluding hydrogens is 409 g/mol. The van der Waals surface area contributed by atoms with Crippen LogP contribution in [0, 0.1) is 0 Å². The monoisotopic (exact) mass is 430 g/mol. The molecule has 3 heterocycles. The molecule has 3 aromatic rings. The third-order valence-electron chi connectivity index (χ3n) is 5.23. The number of amides is 1. The number of likely N-dealkylation sites (tertiary alicyclic amines) is 1. The summed E-state index contributed by atoms with van der Waals surface area (Å²) in [4.78, 5) is 18.6. The predicted octanol–water partition coefficient (Wildman–Crippen LogP) is 4.42. The van der Waals surface area contributed by atoms with E-state index in [0.717, 1.165) is 36.4 Å². The lowest BCUT2D eigenvalue weighted by Gasteiger charge is -2.23. The average Bonchev–Trinajstić information content (AvgIpc) is 3.43. The minimum absolute atomic E-state index is 0.0534. The van der Waals surface area contributed by atoms with Crippen molar-refractivity contribution in [3.05, 3.63) is 77.4 Å². The topological polar surface area (TPSA) is 71.1 Å². The number of H-pyrrole nitrogens is 1. The maximum absolute atomic E-state index is 12.8. The molecule has 1 aliphatic rings. The molecule has 162 valence electrons. The molecule has 1 fully saturated rings. The smallest absolute Gasteiger partial charge is 0.416 e. The highest BCUT2D eigenvalue weighted by Crippen LogP contribution is 2.33. The fraction of sp³-hybridized carbons (Fsp3) is 0.318. The molecule has 31 heavy (non-hydrogen) atoms. The zero-order valence-corrected chi connectivity index (χ0v) is 16.6. The van der Waals surface area contributed by atoms with Gasteiger partial charge in [0, 0.05) is 36.6 Å². The molecular formula is C22H21F3N4O2. The predicted molar refractivity (Wildman–Crippen MR) is 106 cm³/mol. The summed E-state index contributed by atoms with van der Waals surface area (Å²) in [7, 11) is 0. The lowest BCUT2D eigenvalue weighted by atomic mass is 10.1. The molecule has 4 rings (SSSR count). The number of hydrogen-bond donors (Lipinski definition) is 1. The molecule has 2 aromatic heterocycles. The fourth-order valence-corrected chi connectivity index (χ4v) is 3.70. The number of alkyl halides is 3. The number of aromatic nitrogens is 3. The summed E-state index contributed by atoms with van der Waals surface area (Å²) in [6, 6.07) is 9.97. The number of benzene rings is 1. The normalized spacial score (nSPS) is 16.5. The Hall–Kier alpha value is -3.36. The van der Waals surface area contributed by atoms with Crippen LogP contribution in [-0.4, -0.2) is 39.1 Å². The third-order valence-corrected chi connectivity index (χ3v) is 5.23. The van der Waals surface area contributed by atoms with E-state index in [2.05, 4.69) is 15.2 Å². The molecule has 1 N–H and O–H groups in total. The maximum atomic E-state index is 12.8. The SMILES string of the molecule is O=C(c1ccncc1)N1CCC[C@@H]1c1cc(CCOc2cccc(C(F)(F)F)c2)[nH]n1. The molecule has 0 aliphatic carbocycles. The minimum Gasteiger partial charge on any atom is -0.493 e. The molecule has 1 saturated heterocycles. The number of carbonyl (C=O) groups is 1. The number of nitrogens with one attached hydrogen (secondary N) is 1. The molecule has 0 saturated carbocycles. The first-order valence-electron chi connectivity index (χ1n) is 9.97. The quantitative estimate of drug-likeness (QED) is 0.628. The van der Waals surface area contributed by atoms with Crippen molar-refractivity contribution in [3.8, 4) is 5.75 Å². The van der Waals surface area contributed by atoms with Crippen molar-refractivity contribution in [2.75, 3.05) is 13.2 Å². The van der Waals surface area contributed by atoms with Gasteiger partial charge in [0.1, 0.15) is 5.75 Å². The van der Waals surface area contributed by atoms with Crippen molar-refractivity contribution < 1.29 is 22.7 Å². The first kappa shape index (κ1) is 20.9. The highest BCUT2D eigenvalue weighted by Gasteiger charge is 2.32. The van der Waals surface area contributed by atoms with Crippen molar-refractivity contribution >= 4 is 5.91 Å². The Labute approximate surface area is 177 Å². The van der Waals surface area contributed by atoms with E-state index in [1.807, 2.05) is 11.0 Å². The van der Waals surface area contributed by atoms with Gasteiger partial charge in [0.05, 0.1) is 23.9 Å². The Bertz CT molecular complexity index is 1040. The van der Waals surface area contributed by atoms with Crippen LogP contribution in [0.25, 0.3) is 0 Å². The van der Waals surface area contributed by atoms with Crippen LogP contribution in [0.1, 0.15) is 46.2 Å². The first-order chi connectivity index (χ1) is 14.9. The highest BCUT2D eigenvalue weighted by atomic mass is 19.4. The van der Waals surface area contributed by atoms with E-state index < -0.39 is 11.7 Å². The second-order valence-electron chi connectivity index (χ2n) is 7.33. The van der Waals surface area contributed by atoms with Crippen LogP contribution in [0.3, 0.4) is 0 Å². The summed E-state index contributed by atoms with van der Waals surface area (Å²) < 4.78 is 43.9. The number of nitrogens with zero attached hydrogens (tertiary/aromatic N) is 3. The summed E-state index contributed by atoms with van der Waals surface area (Å²) in [6.45, 7) is 0.861. The largest absolute Gasteiger partial charge is 0.493 e. The van der Waals surface area contributed by atoms with Gasteiger partial charge in [-0.1, -0.05) is 6.07 Å². The van der Waals surface area contributed by atoms with Gasteiger partial charge in [-0.15, -0.1) is 0 Å². The summed E-state index contributed by atoms with van der Waals surface area (Å²) in [5, 5.41) is 7.31. The first-order valence-corrected chi connectivity index (χ1v) is 9.97. The molecule has 0 bridgehead atoms. The molecule has 1 amide bonds. The molecule has 1 aliphatic heterocycles. The van der Waals surface area contributed by atoms with E-state index >= 15 is 0 Å². The second kappa shape index (κ2) is 8.79. The number of pyridine rings is 1. The number of carbonyl (C=O) groups excluding carboxylic acids is 1. The van der Waals surface area contributed by atoms with Gasteiger partial charge in [-0.2, -0.15) is 18.3 Å². The van der Waals surface area contributed by atoms with Crippen LogP contribution in [0.2, 0.25) is 0 Å². The average molecular weight is 430 g/mol. The van der Waals surface area contributed by atoms with Crippen molar-refractivity contribution in [1.29, 1.82) is 0 Å². The standard InChI is InChI=1S/C22H21F3N4O2/c23-22(24,25)16-3-1-4-18(13-16)31-12-8-17-14-19(28-27-17)20-5-2-11-29(20)21(30)15-6-9-26-10-7-15/h1,3-4,6-7,9-10,13-14,20H,2,5,8,11-12H2,(H,27,28)/t20-/m1/s1. The summed E-state index contributed by atoms with van der Waals surface area (Å²) >= 11 is 0. The van der Waals surface area contributed by atoms with Gasteiger partial charge in [-0.05, 0) is 49.2 Å². The van der Waals surface area contributed by atoms with E-state index in [-0.39, 0.29) is 24.3 Å². The number of halogens is 3. The molecule has 0 spiro atoms. The van der Waals surface area contributed by atoms with Crippen LogP contribution in [-0.2, 0) is 12.6 Å². The van der Waals surface area contributed by atoms with Gasteiger partial charge < -0.3 is 9.64 Å². The Morgan fingerprint density at radius 2 is 2.00 bits per heavy atom. The summed E-state index contributed by atoms with van der Waals surface area (Å²) in [5.74, 6) is 0.113. The number of aromatic amines is 1. The third kappa shape index (κ3) is 4.87. The van der Waals surface area contributed by atoms with Crippen LogP contribution >= 0.6 is 0 Å².